The van der Waals surface area contributed by atoms with Crippen LogP contribution in [0, 0.1) is 6.92 Å². The fraction of sp³-hybridized carbons (Fsp3) is 0.429. The van der Waals surface area contributed by atoms with E-state index in [-0.39, 0.29) is 42.3 Å². The maximum Gasteiger partial charge on any atom is 0.227 e. The van der Waals surface area contributed by atoms with Gasteiger partial charge in [0.15, 0.2) is 5.96 Å². The molecule has 0 bridgehead atoms. The average molecular weight is 558 g/mol. The fourth-order valence-electron chi connectivity index (χ4n) is 3.21. The number of rotatable bonds is 7. The Bertz CT molecular complexity index is 878. The van der Waals surface area contributed by atoms with Gasteiger partial charge in [0.25, 0.3) is 0 Å². The third-order valence-corrected chi connectivity index (χ3v) is 4.99. The van der Waals surface area contributed by atoms with Crippen LogP contribution in [0.5, 0.6) is 0 Å². The van der Waals surface area contributed by atoms with Gasteiger partial charge in [-0.1, -0.05) is 17.7 Å². The van der Waals surface area contributed by atoms with E-state index in [1.807, 2.05) is 32.0 Å². The Labute approximate surface area is 205 Å². The summed E-state index contributed by atoms with van der Waals surface area (Å²) < 4.78 is 0. The summed E-state index contributed by atoms with van der Waals surface area (Å²) in [6.07, 6.45) is 4.72. The van der Waals surface area contributed by atoms with Crippen molar-refractivity contribution in [2.24, 2.45) is 4.99 Å². The highest BCUT2D eigenvalue weighted by atomic mass is 127. The third-order valence-electron chi connectivity index (χ3n) is 4.70. The first-order chi connectivity index (χ1) is 14.5. The zero-order valence-corrected chi connectivity index (χ0v) is 20.9. The Morgan fingerprint density at radius 3 is 2.87 bits per heavy atom. The fourth-order valence-corrected chi connectivity index (χ4v) is 3.45. The number of carbonyl (C=O) groups excluding carboxylic acids is 1. The number of nitrogens with zero attached hydrogens (tertiary/aromatic N) is 4. The van der Waals surface area contributed by atoms with E-state index in [9.17, 15) is 4.79 Å². The molecule has 10 heteroatoms. The molecule has 31 heavy (non-hydrogen) atoms. The Kier molecular flexibility index (Phi) is 10.3. The second kappa shape index (κ2) is 12.7. The lowest BCUT2D eigenvalue weighted by molar-refractivity contribution is -0.116. The van der Waals surface area contributed by atoms with E-state index in [2.05, 4.69) is 35.8 Å². The maximum atomic E-state index is 12.1. The zero-order chi connectivity index (χ0) is 21.3. The standard InChI is InChI=1S/C21H28ClN7O.HI/c1-3-23-21(25-11-8-19(30)28-18-7-6-15(2)13-26-18)27-16-9-12-29(14-16)20-17(22)5-4-10-24-20;/h4-7,10,13,16H,3,8-9,11-12,14H2,1-2H3,(H2,23,25,27)(H,26,28,30);1H. The second-order valence-electron chi connectivity index (χ2n) is 7.16. The summed E-state index contributed by atoms with van der Waals surface area (Å²) >= 11 is 6.27. The van der Waals surface area contributed by atoms with Gasteiger partial charge in [-0.25, -0.2) is 9.97 Å². The van der Waals surface area contributed by atoms with E-state index in [1.165, 1.54) is 0 Å². The number of aliphatic imine (C=N–C) groups is 1. The molecular weight excluding hydrogens is 529 g/mol. The smallest absolute Gasteiger partial charge is 0.227 e. The zero-order valence-electron chi connectivity index (χ0n) is 17.8. The van der Waals surface area contributed by atoms with Crippen LogP contribution in [0.3, 0.4) is 0 Å². The molecule has 0 aliphatic carbocycles. The van der Waals surface area contributed by atoms with E-state index < -0.39 is 0 Å². The van der Waals surface area contributed by atoms with Crippen LogP contribution in [0.1, 0.15) is 25.3 Å². The van der Waals surface area contributed by atoms with Gasteiger partial charge >= 0.3 is 0 Å². The highest BCUT2D eigenvalue weighted by Crippen LogP contribution is 2.25. The highest BCUT2D eigenvalue weighted by Gasteiger charge is 2.25. The molecule has 0 radical (unpaired) electrons. The molecule has 2 aromatic heterocycles. The summed E-state index contributed by atoms with van der Waals surface area (Å²) in [5, 5.41) is 10.1. The number of amides is 1. The normalized spacial score (nSPS) is 15.9. The molecule has 3 rings (SSSR count). The van der Waals surface area contributed by atoms with Gasteiger partial charge in [-0.05, 0) is 44.0 Å². The number of pyridine rings is 2. The minimum absolute atomic E-state index is 0. The van der Waals surface area contributed by atoms with E-state index in [4.69, 9.17) is 11.6 Å². The molecule has 1 amide bonds. The summed E-state index contributed by atoms with van der Waals surface area (Å²) in [4.78, 5) is 27.4. The topological polar surface area (TPSA) is 94.5 Å². The van der Waals surface area contributed by atoms with Gasteiger partial charge in [-0.2, -0.15) is 0 Å². The van der Waals surface area contributed by atoms with Crippen LogP contribution in [0.25, 0.3) is 0 Å². The van der Waals surface area contributed by atoms with Crippen LogP contribution in [-0.2, 0) is 4.79 Å². The molecule has 8 nitrogen and oxygen atoms in total. The second-order valence-corrected chi connectivity index (χ2v) is 7.57. The van der Waals surface area contributed by atoms with Gasteiger partial charge in [0.05, 0.1) is 11.6 Å². The number of aromatic nitrogens is 2. The van der Waals surface area contributed by atoms with Gasteiger partial charge in [-0.15, -0.1) is 24.0 Å². The molecule has 0 spiro atoms. The van der Waals surface area contributed by atoms with Crippen LogP contribution in [0.2, 0.25) is 5.02 Å². The quantitative estimate of drug-likeness (QED) is 0.275. The number of hydrogen-bond acceptors (Lipinski definition) is 5. The summed E-state index contributed by atoms with van der Waals surface area (Å²) in [6.45, 7) is 6.77. The minimum atomic E-state index is -0.109. The number of aryl methyl sites for hydroxylation is 1. The molecule has 168 valence electrons. The average Bonchev–Trinajstić information content (AvgIpc) is 3.18. The van der Waals surface area contributed by atoms with Crippen molar-refractivity contribution < 1.29 is 4.79 Å². The van der Waals surface area contributed by atoms with Crippen molar-refractivity contribution in [3.8, 4) is 0 Å². The molecule has 3 N–H and O–H groups in total. The van der Waals surface area contributed by atoms with E-state index in [0.29, 0.717) is 23.3 Å². The van der Waals surface area contributed by atoms with Crippen LogP contribution in [-0.4, -0.2) is 54.1 Å². The van der Waals surface area contributed by atoms with Crippen LogP contribution in [0.4, 0.5) is 11.6 Å². The number of hydrogen-bond donors (Lipinski definition) is 3. The predicted molar refractivity (Wildman–Crippen MR) is 137 cm³/mol. The van der Waals surface area contributed by atoms with Gasteiger partial charge in [0, 0.05) is 44.5 Å². The Morgan fingerprint density at radius 2 is 2.16 bits per heavy atom. The molecule has 3 heterocycles. The monoisotopic (exact) mass is 557 g/mol. The first-order valence-corrected chi connectivity index (χ1v) is 10.6. The van der Waals surface area contributed by atoms with Gasteiger partial charge in [-0.3, -0.25) is 9.79 Å². The number of guanidine groups is 1. The predicted octanol–water partition coefficient (Wildman–Crippen LogP) is 3.22. The van der Waals surface area contributed by atoms with Gasteiger partial charge < -0.3 is 20.9 Å². The van der Waals surface area contributed by atoms with Crippen molar-refractivity contribution in [2.45, 2.75) is 32.7 Å². The van der Waals surface area contributed by atoms with Crippen LogP contribution < -0.4 is 20.9 Å². The van der Waals surface area contributed by atoms with Gasteiger partial charge in [0.1, 0.15) is 11.6 Å². The lowest BCUT2D eigenvalue weighted by Crippen LogP contribution is -2.44. The van der Waals surface area contributed by atoms with Crippen molar-refractivity contribution in [1.29, 1.82) is 0 Å². The van der Waals surface area contributed by atoms with Crippen molar-refractivity contribution >= 4 is 59.1 Å². The highest BCUT2D eigenvalue weighted by molar-refractivity contribution is 14.0. The molecule has 2 aromatic rings. The van der Waals surface area contributed by atoms with Crippen molar-refractivity contribution in [1.82, 2.24) is 20.6 Å². The lowest BCUT2D eigenvalue weighted by atomic mass is 10.3. The molecule has 1 aliphatic rings. The first kappa shape index (κ1) is 25.1. The lowest BCUT2D eigenvalue weighted by Gasteiger charge is -2.20. The number of nitrogens with one attached hydrogen (secondary N) is 3. The van der Waals surface area contributed by atoms with Crippen molar-refractivity contribution in [3.05, 3.63) is 47.2 Å². The number of carbonyl (C=O) groups is 1. The van der Waals surface area contributed by atoms with Crippen LogP contribution >= 0.6 is 35.6 Å². The molecule has 1 saturated heterocycles. The molecule has 1 unspecified atom stereocenters. The maximum absolute atomic E-state index is 12.1. The number of anilines is 2. The molecular formula is C21H29ClIN7O. The summed E-state index contributed by atoms with van der Waals surface area (Å²) in [7, 11) is 0. The molecule has 1 atom stereocenters. The number of halogens is 2. The summed E-state index contributed by atoms with van der Waals surface area (Å²) in [5.41, 5.74) is 1.05. The van der Waals surface area contributed by atoms with E-state index in [0.717, 1.165) is 37.4 Å². The third kappa shape index (κ3) is 7.80. The van der Waals surface area contributed by atoms with E-state index in [1.54, 1.807) is 18.5 Å². The van der Waals surface area contributed by atoms with Gasteiger partial charge in [0.2, 0.25) is 5.91 Å². The largest absolute Gasteiger partial charge is 0.357 e. The Morgan fingerprint density at radius 1 is 1.32 bits per heavy atom. The summed E-state index contributed by atoms with van der Waals surface area (Å²) in [5.74, 6) is 1.96. The van der Waals surface area contributed by atoms with Crippen LogP contribution in [0.15, 0.2) is 41.7 Å². The minimum Gasteiger partial charge on any atom is -0.357 e. The molecule has 0 saturated carbocycles. The van der Waals surface area contributed by atoms with E-state index >= 15 is 0 Å². The molecule has 0 aromatic carbocycles. The molecule has 1 aliphatic heterocycles. The SMILES string of the molecule is CCNC(=NCCC(=O)Nc1ccc(C)cn1)NC1CCN(c2ncccc2Cl)C1.I. The Hall–Kier alpha value is -2.14. The summed E-state index contributed by atoms with van der Waals surface area (Å²) in [6, 6.07) is 7.62. The van der Waals surface area contributed by atoms with Crippen molar-refractivity contribution in [3.63, 3.8) is 0 Å². The Balaban J connectivity index is 0.00000341. The molecule has 1 fully saturated rings. The first-order valence-electron chi connectivity index (χ1n) is 10.2. The van der Waals surface area contributed by atoms with Crippen molar-refractivity contribution in [2.75, 3.05) is 36.4 Å².